The van der Waals surface area contributed by atoms with E-state index >= 15 is 0 Å². The van der Waals surface area contributed by atoms with Crippen LogP contribution in [0.15, 0.2) is 33.9 Å². The zero-order chi connectivity index (χ0) is 22.3. The monoisotopic (exact) mass is 483 g/mol. The Morgan fingerprint density at radius 1 is 1.03 bits per heavy atom. The zero-order valence-corrected chi connectivity index (χ0v) is 17.6. The second-order valence-electron chi connectivity index (χ2n) is 5.84. The minimum atomic E-state index is -4.94. The summed E-state index contributed by atoms with van der Waals surface area (Å²) in [6.45, 7) is 0. The highest BCUT2D eigenvalue weighted by Gasteiger charge is 2.37. The number of hydrogen-bond acceptors (Lipinski definition) is 6. The lowest BCUT2D eigenvalue weighted by Crippen LogP contribution is -2.11. The summed E-state index contributed by atoms with van der Waals surface area (Å²) in [4.78, 5) is 16.3. The van der Waals surface area contributed by atoms with Crippen molar-refractivity contribution in [2.45, 2.75) is 16.6 Å². The van der Waals surface area contributed by atoms with E-state index in [0.717, 1.165) is 26.9 Å². The third kappa shape index (κ3) is 4.65. The van der Waals surface area contributed by atoms with Gasteiger partial charge in [0, 0.05) is 16.5 Å². The van der Waals surface area contributed by atoms with Crippen molar-refractivity contribution in [1.82, 2.24) is 4.98 Å². The van der Waals surface area contributed by atoms with Crippen LogP contribution in [-0.2, 0) is 17.1 Å². The summed E-state index contributed by atoms with van der Waals surface area (Å²) >= 11 is 3.55. The fraction of sp³-hybridized carbons (Fsp3) is 0.222. The van der Waals surface area contributed by atoms with Gasteiger partial charge in [0.25, 0.3) is 0 Å². The maximum absolute atomic E-state index is 13.1. The Hall–Kier alpha value is -2.05. The maximum Gasteiger partial charge on any atom is 0.416 e. The normalized spacial score (nSPS) is 12.3. The van der Waals surface area contributed by atoms with Crippen molar-refractivity contribution in [3.05, 3.63) is 45.6 Å². The smallest absolute Gasteiger partial charge is 0.416 e. The predicted molar refractivity (Wildman–Crippen MR) is 104 cm³/mol. The van der Waals surface area contributed by atoms with Crippen LogP contribution < -0.4 is 0 Å². The first-order valence-corrected chi connectivity index (χ1v) is 10.9. The molecule has 0 atom stereocenters. The second-order valence-corrected chi connectivity index (χ2v) is 8.83. The summed E-state index contributed by atoms with van der Waals surface area (Å²) in [5, 5.41) is 1.75. The number of rotatable bonds is 4. The van der Waals surface area contributed by atoms with Gasteiger partial charge in [-0.1, -0.05) is 0 Å². The lowest BCUT2D eigenvalue weighted by molar-refractivity contribution is -0.143. The number of thioether (sulfide) groups is 1. The van der Waals surface area contributed by atoms with Crippen LogP contribution in [0.2, 0.25) is 0 Å². The molecule has 0 aliphatic rings. The summed E-state index contributed by atoms with van der Waals surface area (Å²) in [5.74, 6) is -0.550. The van der Waals surface area contributed by atoms with E-state index in [9.17, 15) is 31.1 Å². The molecule has 0 fully saturated rings. The summed E-state index contributed by atoms with van der Waals surface area (Å²) in [5.41, 5.74) is -2.57. The van der Waals surface area contributed by atoms with Gasteiger partial charge in [-0.15, -0.1) is 34.4 Å². The Morgan fingerprint density at radius 2 is 1.63 bits per heavy atom. The molecule has 0 saturated carbocycles. The molecule has 0 saturated heterocycles. The van der Waals surface area contributed by atoms with Gasteiger partial charge in [-0.05, 0) is 30.5 Å². The highest BCUT2D eigenvalue weighted by atomic mass is 32.2. The van der Waals surface area contributed by atoms with E-state index in [2.05, 4.69) is 9.72 Å². The third-order valence-electron chi connectivity index (χ3n) is 3.89. The number of nitrogens with zero attached hydrogens (tertiary/aromatic N) is 1. The van der Waals surface area contributed by atoms with Crippen LogP contribution in [0.4, 0.5) is 26.3 Å². The third-order valence-corrected chi connectivity index (χ3v) is 7.01. The number of carbonyl (C=O) groups excluding carboxylic acids is 1. The molecule has 0 spiro atoms. The summed E-state index contributed by atoms with van der Waals surface area (Å²) in [7, 11) is 1.23. The average Bonchev–Trinajstić information content (AvgIpc) is 3.32. The Kier molecular flexibility index (Phi) is 6.21. The Balaban J connectivity index is 2.09. The minimum Gasteiger partial charge on any atom is -0.465 e. The quantitative estimate of drug-likeness (QED) is 0.226. The summed E-state index contributed by atoms with van der Waals surface area (Å²) < 4.78 is 84.0. The van der Waals surface area contributed by atoms with E-state index in [1.807, 2.05) is 0 Å². The van der Waals surface area contributed by atoms with Gasteiger partial charge < -0.3 is 4.74 Å². The number of benzene rings is 1. The van der Waals surface area contributed by atoms with Crippen LogP contribution in [0, 0.1) is 0 Å². The predicted octanol–water partition coefficient (Wildman–Crippen LogP) is 7.08. The van der Waals surface area contributed by atoms with Gasteiger partial charge in [-0.3, -0.25) is 0 Å². The number of ether oxygens (including phenoxy) is 1. The lowest BCUT2D eigenvalue weighted by atomic mass is 10.0. The molecular formula is C18H11F6NO2S3. The molecule has 0 aliphatic heterocycles. The topological polar surface area (TPSA) is 39.2 Å². The van der Waals surface area contributed by atoms with Crippen molar-refractivity contribution in [3.8, 4) is 21.8 Å². The van der Waals surface area contributed by atoms with Crippen molar-refractivity contribution in [1.29, 1.82) is 0 Å². The van der Waals surface area contributed by atoms with E-state index in [1.54, 1.807) is 6.26 Å². The van der Waals surface area contributed by atoms with Crippen molar-refractivity contribution in [2.24, 2.45) is 0 Å². The largest absolute Gasteiger partial charge is 0.465 e. The molecule has 0 radical (unpaired) electrons. The van der Waals surface area contributed by atoms with Crippen LogP contribution in [0.1, 0.15) is 20.8 Å². The van der Waals surface area contributed by atoms with Gasteiger partial charge in [-0.25, -0.2) is 9.78 Å². The van der Waals surface area contributed by atoms with Crippen molar-refractivity contribution in [3.63, 3.8) is 0 Å². The van der Waals surface area contributed by atoms with Gasteiger partial charge in [-0.2, -0.15) is 26.3 Å². The number of thiophene rings is 1. The molecule has 1 aromatic carbocycles. The number of halogens is 6. The Bertz CT molecular complexity index is 1050. The Labute approximate surface area is 178 Å². The molecule has 0 aliphatic carbocycles. The van der Waals surface area contributed by atoms with E-state index in [1.165, 1.54) is 30.3 Å². The molecule has 0 amide bonds. The van der Waals surface area contributed by atoms with E-state index < -0.39 is 29.4 Å². The summed E-state index contributed by atoms with van der Waals surface area (Å²) in [6.07, 6.45) is -8.11. The molecule has 30 heavy (non-hydrogen) atoms. The zero-order valence-electron chi connectivity index (χ0n) is 15.1. The molecule has 0 bridgehead atoms. The molecule has 0 unspecified atom stereocenters. The number of alkyl halides is 6. The van der Waals surface area contributed by atoms with Crippen molar-refractivity contribution < 1.29 is 35.9 Å². The van der Waals surface area contributed by atoms with E-state index in [0.29, 0.717) is 27.6 Å². The first kappa shape index (κ1) is 22.6. The lowest BCUT2D eigenvalue weighted by Gasteiger charge is -2.13. The first-order valence-electron chi connectivity index (χ1n) is 7.96. The molecule has 12 heteroatoms. The number of carbonyl (C=O) groups is 1. The van der Waals surface area contributed by atoms with Gasteiger partial charge in [0.15, 0.2) is 0 Å². The van der Waals surface area contributed by atoms with Gasteiger partial charge >= 0.3 is 18.3 Å². The summed E-state index contributed by atoms with van der Waals surface area (Å²) in [6, 6.07) is 2.89. The molecule has 2 heterocycles. The van der Waals surface area contributed by atoms with Gasteiger partial charge in [0.2, 0.25) is 0 Å². The van der Waals surface area contributed by atoms with Crippen LogP contribution in [0.25, 0.3) is 21.8 Å². The van der Waals surface area contributed by atoms with Crippen LogP contribution in [-0.4, -0.2) is 24.3 Å². The number of hydrogen-bond donors (Lipinski definition) is 0. The van der Waals surface area contributed by atoms with Crippen LogP contribution >= 0.6 is 34.4 Å². The molecular weight excluding hydrogens is 472 g/mol. The van der Waals surface area contributed by atoms with Crippen molar-refractivity contribution >= 4 is 40.4 Å². The SMILES string of the molecule is COC(=O)c1cc(-c2nc(-c3cc(C(F)(F)F)cc(C(F)(F)F)c3)cs2)c(SC)s1. The van der Waals surface area contributed by atoms with Crippen molar-refractivity contribution in [2.75, 3.05) is 13.4 Å². The average molecular weight is 483 g/mol. The number of methoxy groups -OCH3 is 1. The van der Waals surface area contributed by atoms with Crippen LogP contribution in [0.5, 0.6) is 0 Å². The van der Waals surface area contributed by atoms with E-state index in [-0.39, 0.29) is 17.3 Å². The number of esters is 1. The molecule has 3 nitrogen and oxygen atoms in total. The number of thiazole rings is 1. The maximum atomic E-state index is 13.1. The standard InChI is InChI=1S/C18H11F6NO2S3/c1-27-15(26)13-6-11(16(28-2)30-13)14-25-12(7-29-14)8-3-9(17(19,20)21)5-10(4-8)18(22,23)24/h3-7H,1-2H3. The second kappa shape index (κ2) is 8.23. The fourth-order valence-corrected chi connectivity index (χ4v) is 5.28. The molecule has 160 valence electrons. The minimum absolute atomic E-state index is 0.0236. The Morgan fingerprint density at radius 3 is 2.13 bits per heavy atom. The molecule has 2 aromatic heterocycles. The first-order chi connectivity index (χ1) is 13.9. The number of aromatic nitrogens is 1. The highest BCUT2D eigenvalue weighted by Crippen LogP contribution is 2.42. The molecule has 3 aromatic rings. The van der Waals surface area contributed by atoms with Gasteiger partial charge in [0.05, 0.1) is 28.1 Å². The van der Waals surface area contributed by atoms with Crippen LogP contribution in [0.3, 0.4) is 0 Å². The van der Waals surface area contributed by atoms with Gasteiger partial charge in [0.1, 0.15) is 9.88 Å². The molecule has 0 N–H and O–H groups in total. The highest BCUT2D eigenvalue weighted by molar-refractivity contribution is 8.00. The molecule has 3 rings (SSSR count). The fourth-order valence-electron chi connectivity index (χ4n) is 2.51. The van der Waals surface area contributed by atoms with E-state index in [4.69, 9.17) is 0 Å².